The minimum atomic E-state index is -1.00. The van der Waals surface area contributed by atoms with E-state index in [0.717, 1.165) is 16.7 Å². The first kappa shape index (κ1) is 28.4. The van der Waals surface area contributed by atoms with Gasteiger partial charge in [0.1, 0.15) is 12.7 Å². The predicted molar refractivity (Wildman–Crippen MR) is 126 cm³/mol. The average molecular weight is 463 g/mol. The fourth-order valence-electron chi connectivity index (χ4n) is 3.78. The maximum absolute atomic E-state index is 11.6. The van der Waals surface area contributed by atoms with Gasteiger partial charge in [-0.2, -0.15) is 0 Å². The molecule has 7 heteroatoms. The highest BCUT2D eigenvalue weighted by Gasteiger charge is 2.31. The van der Waals surface area contributed by atoms with Gasteiger partial charge in [-0.05, 0) is 51.2 Å². The molecule has 0 aromatic carbocycles. The van der Waals surface area contributed by atoms with Gasteiger partial charge in [0, 0.05) is 33.1 Å². The van der Waals surface area contributed by atoms with Gasteiger partial charge in [-0.3, -0.25) is 14.4 Å². The van der Waals surface area contributed by atoms with Crippen molar-refractivity contribution < 1.29 is 33.7 Å². The zero-order valence-corrected chi connectivity index (χ0v) is 20.7. The van der Waals surface area contributed by atoms with Crippen molar-refractivity contribution in [3.8, 4) is 0 Å². The summed E-state index contributed by atoms with van der Waals surface area (Å²) in [4.78, 5) is 34.7. The molecule has 0 saturated carbocycles. The lowest BCUT2D eigenvalue weighted by Crippen LogP contribution is -2.28. The SMILES string of the molecule is C=C1CC(OC(C)=O)/C=C(\C)CCC(/C(=C/C=C/C(C)(C)O)COC(C)=O)[C@H]1COC(C)=O. The van der Waals surface area contributed by atoms with Crippen molar-refractivity contribution in [2.24, 2.45) is 11.8 Å². The van der Waals surface area contributed by atoms with E-state index in [4.69, 9.17) is 14.2 Å². The van der Waals surface area contributed by atoms with E-state index in [2.05, 4.69) is 6.58 Å². The van der Waals surface area contributed by atoms with Gasteiger partial charge in [0.2, 0.25) is 0 Å². The molecule has 1 aliphatic rings. The lowest BCUT2D eigenvalue weighted by atomic mass is 9.77. The van der Waals surface area contributed by atoms with Crippen LogP contribution in [0.5, 0.6) is 0 Å². The van der Waals surface area contributed by atoms with Gasteiger partial charge < -0.3 is 19.3 Å². The third kappa shape index (κ3) is 11.7. The van der Waals surface area contributed by atoms with E-state index < -0.39 is 23.6 Å². The second-order valence-corrected chi connectivity index (χ2v) is 9.11. The number of hydrogen-bond donors (Lipinski definition) is 1. The van der Waals surface area contributed by atoms with Crippen LogP contribution in [0.15, 0.2) is 47.6 Å². The molecule has 0 heterocycles. The molecule has 0 aromatic heterocycles. The third-order valence-electron chi connectivity index (χ3n) is 5.31. The highest BCUT2D eigenvalue weighted by molar-refractivity contribution is 5.67. The Hall–Kier alpha value is -2.67. The van der Waals surface area contributed by atoms with Crippen molar-refractivity contribution in [3.63, 3.8) is 0 Å². The van der Waals surface area contributed by atoms with Crippen molar-refractivity contribution in [3.05, 3.63) is 47.6 Å². The summed E-state index contributed by atoms with van der Waals surface area (Å²) >= 11 is 0. The topological polar surface area (TPSA) is 99.1 Å². The van der Waals surface area contributed by atoms with Crippen LogP contribution in [-0.2, 0) is 28.6 Å². The van der Waals surface area contributed by atoms with Gasteiger partial charge in [-0.25, -0.2) is 0 Å². The fourth-order valence-corrected chi connectivity index (χ4v) is 3.78. The minimum Gasteiger partial charge on any atom is -0.465 e. The van der Waals surface area contributed by atoms with Crippen LogP contribution in [0.4, 0.5) is 0 Å². The van der Waals surface area contributed by atoms with Crippen molar-refractivity contribution in [2.45, 2.75) is 72.5 Å². The zero-order chi connectivity index (χ0) is 25.2. The molecule has 7 nitrogen and oxygen atoms in total. The number of rotatable bonds is 8. The first-order valence-corrected chi connectivity index (χ1v) is 11.2. The fraction of sp³-hybridized carbons (Fsp3) is 0.577. The Morgan fingerprint density at radius 2 is 1.79 bits per heavy atom. The molecule has 33 heavy (non-hydrogen) atoms. The largest absolute Gasteiger partial charge is 0.465 e. The van der Waals surface area contributed by atoms with Gasteiger partial charge in [0.05, 0.1) is 12.2 Å². The second kappa shape index (κ2) is 13.1. The van der Waals surface area contributed by atoms with Gasteiger partial charge in [0.25, 0.3) is 0 Å². The monoisotopic (exact) mass is 462 g/mol. The number of ether oxygens (including phenoxy) is 3. The van der Waals surface area contributed by atoms with E-state index in [1.54, 1.807) is 26.0 Å². The molecular weight excluding hydrogens is 424 g/mol. The number of esters is 3. The summed E-state index contributed by atoms with van der Waals surface area (Å²) in [6, 6.07) is 0. The van der Waals surface area contributed by atoms with Crippen LogP contribution >= 0.6 is 0 Å². The Morgan fingerprint density at radius 1 is 1.15 bits per heavy atom. The molecule has 0 spiro atoms. The first-order chi connectivity index (χ1) is 15.3. The summed E-state index contributed by atoms with van der Waals surface area (Å²) in [7, 11) is 0. The summed E-state index contributed by atoms with van der Waals surface area (Å²) < 4.78 is 16.2. The van der Waals surface area contributed by atoms with E-state index in [-0.39, 0.29) is 31.0 Å². The lowest BCUT2D eigenvalue weighted by molar-refractivity contribution is -0.144. The van der Waals surface area contributed by atoms with Crippen molar-refractivity contribution in [1.82, 2.24) is 0 Å². The summed E-state index contributed by atoms with van der Waals surface area (Å²) in [5, 5.41) is 10.0. The minimum absolute atomic E-state index is 0.0657. The normalized spacial score (nSPS) is 24.2. The molecule has 0 fully saturated rings. The summed E-state index contributed by atoms with van der Waals surface area (Å²) in [6.45, 7) is 13.8. The maximum Gasteiger partial charge on any atom is 0.303 e. The molecule has 184 valence electrons. The molecule has 0 bridgehead atoms. The Morgan fingerprint density at radius 3 is 2.33 bits per heavy atom. The molecule has 1 aliphatic carbocycles. The van der Waals surface area contributed by atoms with Gasteiger partial charge in [-0.1, -0.05) is 36.0 Å². The molecule has 0 radical (unpaired) electrons. The van der Waals surface area contributed by atoms with E-state index in [0.29, 0.717) is 19.3 Å². The van der Waals surface area contributed by atoms with Crippen LogP contribution in [0.1, 0.15) is 60.8 Å². The predicted octanol–water partition coefficient (Wildman–Crippen LogP) is 4.22. The highest BCUT2D eigenvalue weighted by Crippen LogP contribution is 2.36. The molecule has 0 amide bonds. The van der Waals surface area contributed by atoms with E-state index in [1.807, 2.05) is 19.1 Å². The van der Waals surface area contributed by atoms with E-state index >= 15 is 0 Å². The van der Waals surface area contributed by atoms with Crippen LogP contribution in [0.3, 0.4) is 0 Å². The Labute approximate surface area is 197 Å². The van der Waals surface area contributed by atoms with Crippen molar-refractivity contribution >= 4 is 17.9 Å². The Balaban J connectivity index is 3.42. The Bertz CT molecular complexity index is 811. The molecule has 2 unspecified atom stereocenters. The van der Waals surface area contributed by atoms with Crippen LogP contribution in [0.2, 0.25) is 0 Å². The van der Waals surface area contributed by atoms with Crippen LogP contribution < -0.4 is 0 Å². The van der Waals surface area contributed by atoms with E-state index in [1.165, 1.54) is 20.8 Å². The molecule has 1 rings (SSSR count). The third-order valence-corrected chi connectivity index (χ3v) is 5.31. The zero-order valence-electron chi connectivity index (χ0n) is 20.7. The number of aliphatic hydroxyl groups is 1. The standard InChI is InChI=1S/C26H38O7/c1-17-10-11-24(22(15-31-19(3)27)9-8-12-26(6,7)30)25(16-32-20(4)28)18(2)14-23(13-17)33-21(5)29/h8-9,12-13,23-25,30H,2,10-11,14-16H2,1,3-7H3/b12-8+,17-13+,22-9+/t23?,24?,25-/m0/s1. The average Bonchev–Trinajstić information content (AvgIpc) is 2.69. The maximum atomic E-state index is 11.6. The molecule has 0 aromatic rings. The molecule has 1 N–H and O–H groups in total. The number of hydrogen-bond acceptors (Lipinski definition) is 7. The quantitative estimate of drug-likeness (QED) is 0.250. The molecule has 3 atom stereocenters. The second-order valence-electron chi connectivity index (χ2n) is 9.11. The van der Waals surface area contributed by atoms with Crippen molar-refractivity contribution in [2.75, 3.05) is 13.2 Å². The number of carbonyl (C=O) groups excluding carboxylic acids is 3. The summed E-state index contributed by atoms with van der Waals surface area (Å²) in [5.74, 6) is -1.61. The van der Waals surface area contributed by atoms with Gasteiger partial charge in [0.15, 0.2) is 0 Å². The van der Waals surface area contributed by atoms with Crippen LogP contribution in [-0.4, -0.2) is 47.9 Å². The molecule has 0 aliphatic heterocycles. The summed E-state index contributed by atoms with van der Waals surface area (Å²) in [5.41, 5.74) is 1.66. The van der Waals surface area contributed by atoms with E-state index in [9.17, 15) is 19.5 Å². The van der Waals surface area contributed by atoms with Crippen LogP contribution in [0.25, 0.3) is 0 Å². The highest BCUT2D eigenvalue weighted by atomic mass is 16.5. The molecular formula is C26H38O7. The Kier molecular flexibility index (Phi) is 11.3. The number of allylic oxidation sites excluding steroid dienone is 3. The number of carbonyl (C=O) groups is 3. The smallest absolute Gasteiger partial charge is 0.303 e. The van der Waals surface area contributed by atoms with Crippen LogP contribution in [0, 0.1) is 11.8 Å². The molecule has 0 saturated heterocycles. The van der Waals surface area contributed by atoms with Crippen molar-refractivity contribution in [1.29, 1.82) is 0 Å². The lowest BCUT2D eigenvalue weighted by Gasteiger charge is -2.31. The summed E-state index contributed by atoms with van der Waals surface area (Å²) in [6.07, 6.45) is 8.48. The van der Waals surface area contributed by atoms with Gasteiger partial charge >= 0.3 is 17.9 Å². The van der Waals surface area contributed by atoms with Gasteiger partial charge in [-0.15, -0.1) is 0 Å². The first-order valence-electron chi connectivity index (χ1n) is 11.2.